The summed E-state index contributed by atoms with van der Waals surface area (Å²) < 4.78 is 29.5. The molecule has 1 N–H and O–H groups in total. The van der Waals surface area contributed by atoms with E-state index in [4.69, 9.17) is 23.2 Å². The van der Waals surface area contributed by atoms with Gasteiger partial charge < -0.3 is 5.11 Å². The molecular formula is C26H23Cl2NO4S. The zero-order valence-electron chi connectivity index (χ0n) is 18.6. The van der Waals surface area contributed by atoms with Crippen LogP contribution in [0.15, 0.2) is 83.3 Å². The molecule has 0 aromatic heterocycles. The van der Waals surface area contributed by atoms with Crippen LogP contribution in [0, 0.1) is 13.8 Å². The molecule has 0 saturated carbocycles. The van der Waals surface area contributed by atoms with Crippen molar-refractivity contribution in [2.75, 3.05) is 0 Å². The lowest BCUT2D eigenvalue weighted by Crippen LogP contribution is -2.42. The Bertz CT molecular complexity index is 1380. The first-order valence-corrected chi connectivity index (χ1v) is 12.8. The predicted molar refractivity (Wildman–Crippen MR) is 134 cm³/mol. The van der Waals surface area contributed by atoms with E-state index in [9.17, 15) is 18.3 Å². The van der Waals surface area contributed by atoms with Gasteiger partial charge in [0.05, 0.1) is 32.6 Å². The average Bonchev–Trinajstić information content (AvgIpc) is 2.80. The minimum atomic E-state index is -4.12. The first-order valence-electron chi connectivity index (χ1n) is 10.6. The zero-order chi connectivity index (χ0) is 24.6. The fourth-order valence-electron chi connectivity index (χ4n) is 4.28. The lowest BCUT2D eigenvalue weighted by Gasteiger charge is -2.40. The normalized spacial score (nSPS) is 19.0. The number of sulfonamides is 1. The molecule has 2 atom stereocenters. The van der Waals surface area contributed by atoms with Gasteiger partial charge in [-0.2, -0.15) is 4.31 Å². The van der Waals surface area contributed by atoms with E-state index in [0.29, 0.717) is 21.2 Å². The number of carboxylic acids is 1. The highest BCUT2D eigenvalue weighted by Crippen LogP contribution is 2.46. The summed E-state index contributed by atoms with van der Waals surface area (Å²) in [5.74, 6) is -1.16. The minimum Gasteiger partial charge on any atom is -0.478 e. The second-order valence-corrected chi connectivity index (χ2v) is 11.0. The van der Waals surface area contributed by atoms with Gasteiger partial charge in [0.2, 0.25) is 10.0 Å². The number of aliphatic carboxylic acids is 1. The van der Waals surface area contributed by atoms with E-state index in [1.54, 1.807) is 60.7 Å². The molecule has 1 heterocycles. The summed E-state index contributed by atoms with van der Waals surface area (Å²) in [6.45, 7) is 3.75. The van der Waals surface area contributed by atoms with Gasteiger partial charge in [-0.15, -0.1) is 0 Å². The summed E-state index contributed by atoms with van der Waals surface area (Å²) in [6, 6.07) is 17.0. The van der Waals surface area contributed by atoms with Crippen LogP contribution in [0.3, 0.4) is 0 Å². The van der Waals surface area contributed by atoms with Crippen molar-refractivity contribution in [1.29, 1.82) is 0 Å². The van der Waals surface area contributed by atoms with E-state index in [1.807, 2.05) is 26.0 Å². The van der Waals surface area contributed by atoms with Crippen LogP contribution in [-0.2, 0) is 14.8 Å². The van der Waals surface area contributed by atoms with Gasteiger partial charge >= 0.3 is 5.97 Å². The number of rotatable bonds is 5. The van der Waals surface area contributed by atoms with Gasteiger partial charge in [-0.25, -0.2) is 13.2 Å². The SMILES string of the molecule is Cc1ccc(S(=O)(=O)N2[C@@H](c3cccc(C)c3)C(C(=O)O)=CC[C@H]2c2ccc(Cl)c(Cl)c2)cc1. The molecule has 3 aromatic rings. The molecule has 5 nitrogen and oxygen atoms in total. The lowest BCUT2D eigenvalue weighted by atomic mass is 9.89. The zero-order valence-corrected chi connectivity index (χ0v) is 20.9. The third-order valence-corrected chi connectivity index (χ3v) is 8.57. The van der Waals surface area contributed by atoms with Gasteiger partial charge in [-0.1, -0.05) is 82.9 Å². The van der Waals surface area contributed by atoms with Crippen LogP contribution in [0.1, 0.15) is 40.8 Å². The van der Waals surface area contributed by atoms with Crippen LogP contribution in [0.25, 0.3) is 0 Å². The highest BCUT2D eigenvalue weighted by molar-refractivity contribution is 7.89. The van der Waals surface area contributed by atoms with Crippen LogP contribution in [0.5, 0.6) is 0 Å². The standard InChI is InChI=1S/C26H23Cl2NO4S/c1-16-6-9-20(10-7-16)34(32,33)29-24(18-8-12-22(27)23(28)15-18)13-11-21(26(30)31)25(29)19-5-3-4-17(2)14-19/h3-12,14-15,24-25H,13H2,1-2H3,(H,30,31)/t24-,25-/m0/s1. The number of hydrogen-bond acceptors (Lipinski definition) is 3. The van der Waals surface area contributed by atoms with E-state index in [1.165, 1.54) is 4.31 Å². The van der Waals surface area contributed by atoms with Gasteiger partial charge in [0.15, 0.2) is 0 Å². The largest absolute Gasteiger partial charge is 0.478 e. The first-order chi connectivity index (χ1) is 16.1. The van der Waals surface area contributed by atoms with Crippen molar-refractivity contribution in [2.24, 2.45) is 0 Å². The molecule has 4 rings (SSSR count). The van der Waals surface area contributed by atoms with Crippen LogP contribution in [0.2, 0.25) is 10.0 Å². The maximum absolute atomic E-state index is 14.1. The van der Waals surface area contributed by atoms with Crippen molar-refractivity contribution in [3.05, 3.63) is 111 Å². The molecule has 0 unspecified atom stereocenters. The summed E-state index contributed by atoms with van der Waals surface area (Å²) in [7, 11) is -4.12. The second kappa shape index (κ2) is 9.55. The van der Waals surface area contributed by atoms with Crippen molar-refractivity contribution < 1.29 is 18.3 Å². The van der Waals surface area contributed by atoms with Crippen molar-refractivity contribution in [2.45, 2.75) is 37.2 Å². The maximum atomic E-state index is 14.1. The lowest BCUT2D eigenvalue weighted by molar-refractivity contribution is -0.133. The topological polar surface area (TPSA) is 74.7 Å². The molecule has 176 valence electrons. The Balaban J connectivity index is 1.99. The molecule has 34 heavy (non-hydrogen) atoms. The summed E-state index contributed by atoms with van der Waals surface area (Å²) in [5.41, 5.74) is 3.03. The van der Waals surface area contributed by atoms with E-state index >= 15 is 0 Å². The molecule has 0 bridgehead atoms. The quantitative estimate of drug-likeness (QED) is 0.420. The molecule has 0 spiro atoms. The molecule has 3 aromatic carbocycles. The number of aryl methyl sites for hydroxylation is 2. The molecule has 0 aliphatic carbocycles. The molecule has 1 aliphatic heterocycles. The van der Waals surface area contributed by atoms with Crippen LogP contribution in [0.4, 0.5) is 0 Å². The summed E-state index contributed by atoms with van der Waals surface area (Å²) in [5, 5.41) is 10.7. The van der Waals surface area contributed by atoms with Gasteiger partial charge in [0.1, 0.15) is 0 Å². The Morgan fingerprint density at radius 2 is 1.62 bits per heavy atom. The van der Waals surface area contributed by atoms with Crippen molar-refractivity contribution in [1.82, 2.24) is 4.31 Å². The van der Waals surface area contributed by atoms with Crippen LogP contribution >= 0.6 is 23.2 Å². The van der Waals surface area contributed by atoms with Gasteiger partial charge in [0.25, 0.3) is 0 Å². The Labute approximate surface area is 209 Å². The fourth-order valence-corrected chi connectivity index (χ4v) is 6.37. The maximum Gasteiger partial charge on any atom is 0.333 e. The van der Waals surface area contributed by atoms with E-state index in [-0.39, 0.29) is 16.9 Å². The summed E-state index contributed by atoms with van der Waals surface area (Å²) >= 11 is 12.4. The Morgan fingerprint density at radius 3 is 2.24 bits per heavy atom. The van der Waals surface area contributed by atoms with Crippen molar-refractivity contribution in [3.63, 3.8) is 0 Å². The number of halogens is 2. The molecule has 0 fully saturated rings. The Morgan fingerprint density at radius 1 is 0.912 bits per heavy atom. The fraction of sp³-hybridized carbons (Fsp3) is 0.192. The average molecular weight is 516 g/mol. The Kier molecular flexibility index (Phi) is 6.87. The molecule has 0 radical (unpaired) electrons. The highest BCUT2D eigenvalue weighted by atomic mass is 35.5. The van der Waals surface area contributed by atoms with Crippen molar-refractivity contribution >= 4 is 39.2 Å². The van der Waals surface area contributed by atoms with E-state index in [2.05, 4.69) is 0 Å². The summed E-state index contributed by atoms with van der Waals surface area (Å²) in [6.07, 6.45) is 1.77. The Hall–Kier alpha value is -2.64. The number of nitrogens with zero attached hydrogens (tertiary/aromatic N) is 1. The third-order valence-electron chi connectivity index (χ3n) is 5.95. The monoisotopic (exact) mass is 515 g/mol. The third kappa shape index (κ3) is 4.64. The molecule has 1 aliphatic rings. The minimum absolute atomic E-state index is 0.0117. The second-order valence-electron chi connectivity index (χ2n) is 8.35. The highest BCUT2D eigenvalue weighted by Gasteiger charge is 2.44. The molecular weight excluding hydrogens is 493 g/mol. The number of carboxylic acid groups (broad SMARTS) is 1. The van der Waals surface area contributed by atoms with Crippen molar-refractivity contribution in [3.8, 4) is 0 Å². The predicted octanol–water partition coefficient (Wildman–Crippen LogP) is 6.50. The number of benzene rings is 3. The smallest absolute Gasteiger partial charge is 0.333 e. The first kappa shape index (κ1) is 24.5. The van der Waals surface area contributed by atoms with Gasteiger partial charge in [-0.3, -0.25) is 0 Å². The summed E-state index contributed by atoms with van der Waals surface area (Å²) in [4.78, 5) is 12.4. The van der Waals surface area contributed by atoms with Crippen LogP contribution in [-0.4, -0.2) is 23.8 Å². The van der Waals surface area contributed by atoms with Gasteiger partial charge in [0, 0.05) is 0 Å². The van der Waals surface area contributed by atoms with E-state index in [0.717, 1.165) is 11.1 Å². The van der Waals surface area contributed by atoms with Crippen LogP contribution < -0.4 is 0 Å². The number of hydrogen-bond donors (Lipinski definition) is 1. The number of carbonyl (C=O) groups is 1. The van der Waals surface area contributed by atoms with E-state index < -0.39 is 28.1 Å². The molecule has 8 heteroatoms. The molecule has 0 amide bonds. The van der Waals surface area contributed by atoms with Gasteiger partial charge in [-0.05, 0) is 55.7 Å². The molecule has 0 saturated heterocycles.